The fourth-order valence-corrected chi connectivity index (χ4v) is 3.00. The fraction of sp³-hybridized carbons (Fsp3) is 0.130. The lowest BCUT2D eigenvalue weighted by atomic mass is 9.98. The molecule has 4 nitrogen and oxygen atoms in total. The van der Waals surface area contributed by atoms with E-state index in [0.29, 0.717) is 22.4 Å². The number of hydrogen-bond acceptors (Lipinski definition) is 2. The highest BCUT2D eigenvalue weighted by atomic mass is 19.1. The molecule has 0 aliphatic carbocycles. The normalized spacial score (nSPS) is 10.5. The van der Waals surface area contributed by atoms with E-state index in [2.05, 4.69) is 5.32 Å². The predicted molar refractivity (Wildman–Crippen MR) is 109 cm³/mol. The van der Waals surface area contributed by atoms with Crippen LogP contribution < -0.4 is 5.32 Å². The van der Waals surface area contributed by atoms with E-state index in [1.807, 2.05) is 0 Å². The summed E-state index contributed by atoms with van der Waals surface area (Å²) in [6.45, 7) is 1.69. The number of carbonyl (C=O) groups excluding carboxylic acids is 2. The van der Waals surface area contributed by atoms with Crippen LogP contribution in [0, 0.1) is 18.6 Å². The Labute approximate surface area is 167 Å². The third-order valence-electron chi connectivity index (χ3n) is 4.48. The summed E-state index contributed by atoms with van der Waals surface area (Å²) < 4.78 is 27.9. The van der Waals surface area contributed by atoms with Gasteiger partial charge in [0.25, 0.3) is 11.8 Å². The lowest BCUT2D eigenvalue weighted by Gasteiger charge is -2.12. The molecule has 0 bridgehead atoms. The number of rotatable bonds is 4. The molecule has 0 atom stereocenters. The first-order valence-electron chi connectivity index (χ1n) is 8.95. The highest BCUT2D eigenvalue weighted by molar-refractivity contribution is 6.05. The van der Waals surface area contributed by atoms with Gasteiger partial charge in [-0.2, -0.15) is 0 Å². The van der Waals surface area contributed by atoms with Gasteiger partial charge in [-0.1, -0.05) is 18.2 Å². The zero-order valence-corrected chi connectivity index (χ0v) is 16.3. The number of carbonyl (C=O) groups is 2. The molecule has 0 saturated carbocycles. The molecule has 148 valence electrons. The van der Waals surface area contributed by atoms with E-state index in [0.717, 1.165) is 6.07 Å². The highest BCUT2D eigenvalue weighted by Crippen LogP contribution is 2.27. The van der Waals surface area contributed by atoms with E-state index in [-0.39, 0.29) is 17.0 Å². The maximum atomic E-state index is 14.7. The maximum absolute atomic E-state index is 14.7. The Hall–Kier alpha value is -3.54. The van der Waals surface area contributed by atoms with Crippen LogP contribution in [0.5, 0.6) is 0 Å². The van der Waals surface area contributed by atoms with Crippen LogP contribution in [0.4, 0.5) is 14.5 Å². The molecule has 0 aromatic heterocycles. The maximum Gasteiger partial charge on any atom is 0.255 e. The van der Waals surface area contributed by atoms with Gasteiger partial charge in [-0.15, -0.1) is 0 Å². The van der Waals surface area contributed by atoms with Crippen LogP contribution >= 0.6 is 0 Å². The average molecular weight is 394 g/mol. The lowest BCUT2D eigenvalue weighted by molar-refractivity contribution is 0.0827. The predicted octanol–water partition coefficient (Wildman–Crippen LogP) is 4.89. The van der Waals surface area contributed by atoms with Crippen LogP contribution in [0.25, 0.3) is 11.1 Å². The molecule has 0 aliphatic rings. The number of nitrogens with zero attached hydrogens (tertiary/aromatic N) is 1. The smallest absolute Gasteiger partial charge is 0.255 e. The largest absolute Gasteiger partial charge is 0.345 e. The molecule has 0 aliphatic heterocycles. The van der Waals surface area contributed by atoms with Crippen molar-refractivity contribution in [2.75, 3.05) is 19.4 Å². The standard InChI is InChI=1S/C23H20F2N2O2/c1-14-11-17(24)8-10-19(14)20-9-7-15(13-21(20)25)22(28)26-18-6-4-5-16(12-18)23(29)27(2)3/h4-13H,1-3H3,(H,26,28). The number of hydrogen-bond donors (Lipinski definition) is 1. The van der Waals surface area contributed by atoms with Crippen LogP contribution in [0.1, 0.15) is 26.3 Å². The number of aryl methyl sites for hydroxylation is 1. The van der Waals surface area contributed by atoms with Crippen molar-refractivity contribution in [2.24, 2.45) is 0 Å². The van der Waals surface area contributed by atoms with Gasteiger partial charge in [0.2, 0.25) is 0 Å². The number of anilines is 1. The molecule has 0 spiro atoms. The number of benzene rings is 3. The Morgan fingerprint density at radius 1 is 0.862 bits per heavy atom. The topological polar surface area (TPSA) is 49.4 Å². The van der Waals surface area contributed by atoms with Crippen LogP contribution in [0.15, 0.2) is 60.7 Å². The lowest BCUT2D eigenvalue weighted by Crippen LogP contribution is -2.22. The van der Waals surface area contributed by atoms with Gasteiger partial charge in [0, 0.05) is 36.5 Å². The number of halogens is 2. The summed E-state index contributed by atoms with van der Waals surface area (Å²) in [5.74, 6) is -1.66. The third kappa shape index (κ3) is 4.48. The molecule has 3 aromatic rings. The third-order valence-corrected chi connectivity index (χ3v) is 4.48. The Morgan fingerprint density at radius 2 is 1.59 bits per heavy atom. The zero-order valence-electron chi connectivity index (χ0n) is 16.3. The van der Waals surface area contributed by atoms with Gasteiger partial charge in [0.05, 0.1) is 0 Å². The van der Waals surface area contributed by atoms with E-state index >= 15 is 0 Å². The van der Waals surface area contributed by atoms with Gasteiger partial charge in [0.15, 0.2) is 0 Å². The van der Waals surface area contributed by atoms with Gasteiger partial charge in [-0.25, -0.2) is 8.78 Å². The molecule has 1 N–H and O–H groups in total. The zero-order chi connectivity index (χ0) is 21.1. The molecule has 29 heavy (non-hydrogen) atoms. The molecule has 0 heterocycles. The minimum atomic E-state index is -0.580. The molecular formula is C23H20F2N2O2. The van der Waals surface area contributed by atoms with E-state index in [1.54, 1.807) is 45.3 Å². The Kier molecular flexibility index (Phi) is 5.73. The summed E-state index contributed by atoms with van der Waals surface area (Å²) in [7, 11) is 3.28. The second-order valence-electron chi connectivity index (χ2n) is 6.89. The summed E-state index contributed by atoms with van der Waals surface area (Å²) >= 11 is 0. The molecule has 3 aromatic carbocycles. The monoisotopic (exact) mass is 394 g/mol. The molecule has 0 fully saturated rings. The average Bonchev–Trinajstić information content (AvgIpc) is 2.68. The van der Waals surface area contributed by atoms with Crippen LogP contribution in [-0.4, -0.2) is 30.8 Å². The Morgan fingerprint density at radius 3 is 2.24 bits per heavy atom. The summed E-state index contributed by atoms with van der Waals surface area (Å²) in [5, 5.41) is 2.67. The van der Waals surface area contributed by atoms with Crippen LogP contribution in [-0.2, 0) is 0 Å². The summed E-state index contributed by atoms with van der Waals surface area (Å²) in [5.41, 5.74) is 2.45. The Bertz CT molecular complexity index is 1090. The second-order valence-corrected chi connectivity index (χ2v) is 6.89. The van der Waals surface area contributed by atoms with Crippen molar-refractivity contribution in [1.82, 2.24) is 4.90 Å². The van der Waals surface area contributed by atoms with Gasteiger partial charge < -0.3 is 10.2 Å². The van der Waals surface area contributed by atoms with Gasteiger partial charge >= 0.3 is 0 Å². The molecule has 0 radical (unpaired) electrons. The highest BCUT2D eigenvalue weighted by Gasteiger charge is 2.14. The van der Waals surface area contributed by atoms with Crippen molar-refractivity contribution in [3.63, 3.8) is 0 Å². The van der Waals surface area contributed by atoms with Crippen molar-refractivity contribution in [3.8, 4) is 11.1 Å². The summed E-state index contributed by atoms with van der Waals surface area (Å²) in [6.07, 6.45) is 0. The molecule has 0 saturated heterocycles. The number of amides is 2. The van der Waals surface area contributed by atoms with E-state index < -0.39 is 17.5 Å². The summed E-state index contributed by atoms with van der Waals surface area (Å²) in [4.78, 5) is 26.0. The fourth-order valence-electron chi connectivity index (χ4n) is 3.00. The minimum absolute atomic E-state index is 0.135. The van der Waals surface area contributed by atoms with Crippen molar-refractivity contribution in [3.05, 3.63) is 89.0 Å². The quantitative estimate of drug-likeness (QED) is 0.685. The van der Waals surface area contributed by atoms with Crippen LogP contribution in [0.3, 0.4) is 0 Å². The SMILES string of the molecule is Cc1cc(F)ccc1-c1ccc(C(=O)Nc2cccc(C(=O)N(C)C)c2)cc1F. The minimum Gasteiger partial charge on any atom is -0.345 e. The summed E-state index contributed by atoms with van der Waals surface area (Å²) in [6, 6.07) is 14.8. The molecule has 2 amide bonds. The first-order valence-corrected chi connectivity index (χ1v) is 8.95. The molecule has 3 rings (SSSR count). The first-order chi connectivity index (χ1) is 13.8. The van der Waals surface area contributed by atoms with E-state index in [4.69, 9.17) is 0 Å². The van der Waals surface area contributed by atoms with Gasteiger partial charge in [-0.05, 0) is 60.5 Å². The Balaban J connectivity index is 1.83. The van der Waals surface area contributed by atoms with E-state index in [1.165, 1.54) is 35.2 Å². The van der Waals surface area contributed by atoms with Gasteiger partial charge in [-0.3, -0.25) is 9.59 Å². The van der Waals surface area contributed by atoms with Crippen molar-refractivity contribution in [1.29, 1.82) is 0 Å². The van der Waals surface area contributed by atoms with Crippen LogP contribution in [0.2, 0.25) is 0 Å². The van der Waals surface area contributed by atoms with Crippen molar-refractivity contribution >= 4 is 17.5 Å². The van der Waals surface area contributed by atoms with E-state index in [9.17, 15) is 18.4 Å². The molecule has 0 unspecified atom stereocenters. The van der Waals surface area contributed by atoms with Crippen molar-refractivity contribution in [2.45, 2.75) is 6.92 Å². The molecule has 6 heteroatoms. The molecular weight excluding hydrogens is 374 g/mol. The van der Waals surface area contributed by atoms with Crippen molar-refractivity contribution < 1.29 is 18.4 Å². The second kappa shape index (κ2) is 8.22. The first kappa shape index (κ1) is 20.2. The number of nitrogens with one attached hydrogen (secondary N) is 1. The van der Waals surface area contributed by atoms with Gasteiger partial charge in [0.1, 0.15) is 11.6 Å².